The zero-order valence-corrected chi connectivity index (χ0v) is 42.3. The summed E-state index contributed by atoms with van der Waals surface area (Å²) in [5.74, 6) is -0.0666. The number of carbonyl (C=O) groups is 2. The van der Waals surface area contributed by atoms with Crippen molar-refractivity contribution < 1.29 is 24.5 Å². The minimum absolute atomic E-state index is 0.00142. The zero-order valence-electron chi connectivity index (χ0n) is 42.3. The Morgan fingerprint density at radius 2 is 0.762 bits per heavy atom. The second kappa shape index (κ2) is 53.0. The molecule has 0 aromatic heterocycles. The Morgan fingerprint density at radius 1 is 0.429 bits per heavy atom. The summed E-state index contributed by atoms with van der Waals surface area (Å²) < 4.78 is 5.45. The van der Waals surface area contributed by atoms with Crippen LogP contribution in [-0.4, -0.2) is 47.4 Å². The van der Waals surface area contributed by atoms with Crippen molar-refractivity contribution >= 4 is 11.9 Å². The van der Waals surface area contributed by atoms with Crippen LogP contribution in [-0.2, 0) is 14.3 Å². The third-order valence-electron chi connectivity index (χ3n) is 13.0. The molecular formula is C57H109NO5. The van der Waals surface area contributed by atoms with E-state index in [4.69, 9.17) is 4.74 Å². The van der Waals surface area contributed by atoms with E-state index in [1.165, 1.54) is 231 Å². The van der Waals surface area contributed by atoms with Crippen LogP contribution in [0.3, 0.4) is 0 Å². The molecule has 0 spiro atoms. The van der Waals surface area contributed by atoms with E-state index in [1.54, 1.807) is 6.08 Å². The summed E-state index contributed by atoms with van der Waals surface area (Å²) in [5, 5.41) is 23.1. The number of carbonyl (C=O) groups excluding carboxylic acids is 2. The highest BCUT2D eigenvalue weighted by Gasteiger charge is 2.18. The van der Waals surface area contributed by atoms with Crippen molar-refractivity contribution in [1.29, 1.82) is 0 Å². The van der Waals surface area contributed by atoms with Crippen LogP contribution < -0.4 is 5.32 Å². The number of nitrogens with one attached hydrogen (secondary N) is 1. The standard InChI is InChI=1S/C57H109NO5/c1-3-5-7-9-11-13-15-26-30-33-37-41-45-49-55(60)54(53-59)58-56(61)50-46-42-38-34-31-27-24-22-20-18-16-17-19-21-23-25-28-32-36-40-44-48-52-63-57(62)51-47-43-39-35-29-14-12-10-8-6-4-2/h10,12,45,49,54-55,59-60H,3-9,11,13-44,46-48,50-53H2,1-2H3,(H,58,61)/b12-10-,49-45+. The Hall–Kier alpha value is -1.66. The fourth-order valence-corrected chi connectivity index (χ4v) is 8.62. The van der Waals surface area contributed by atoms with E-state index in [0.29, 0.717) is 19.4 Å². The molecule has 0 aliphatic heterocycles. The second-order valence-electron chi connectivity index (χ2n) is 19.3. The molecule has 0 rings (SSSR count). The summed E-state index contributed by atoms with van der Waals surface area (Å²) in [5.41, 5.74) is 0. The Morgan fingerprint density at radius 3 is 1.17 bits per heavy atom. The van der Waals surface area contributed by atoms with E-state index < -0.39 is 12.1 Å². The van der Waals surface area contributed by atoms with Gasteiger partial charge in [-0.2, -0.15) is 0 Å². The van der Waals surface area contributed by atoms with Crippen LogP contribution in [0.2, 0.25) is 0 Å². The minimum Gasteiger partial charge on any atom is -0.466 e. The van der Waals surface area contributed by atoms with Gasteiger partial charge in [-0.1, -0.05) is 263 Å². The molecule has 6 heteroatoms. The summed E-state index contributed by atoms with van der Waals surface area (Å²) in [6.07, 6.45) is 63.4. The predicted octanol–water partition coefficient (Wildman–Crippen LogP) is 17.1. The van der Waals surface area contributed by atoms with Crippen LogP contribution in [0.15, 0.2) is 24.3 Å². The van der Waals surface area contributed by atoms with Crippen molar-refractivity contribution in [3.05, 3.63) is 24.3 Å². The average molecular weight is 889 g/mol. The van der Waals surface area contributed by atoms with Gasteiger partial charge in [0.15, 0.2) is 0 Å². The maximum absolute atomic E-state index is 12.4. The largest absolute Gasteiger partial charge is 0.466 e. The van der Waals surface area contributed by atoms with E-state index in [2.05, 4.69) is 31.3 Å². The van der Waals surface area contributed by atoms with Crippen LogP contribution in [0, 0.1) is 0 Å². The minimum atomic E-state index is -0.843. The van der Waals surface area contributed by atoms with Gasteiger partial charge < -0.3 is 20.3 Å². The molecule has 0 aromatic rings. The quantitative estimate of drug-likeness (QED) is 0.0321. The third kappa shape index (κ3) is 49.6. The topological polar surface area (TPSA) is 95.9 Å². The smallest absolute Gasteiger partial charge is 0.305 e. The van der Waals surface area contributed by atoms with Crippen molar-refractivity contribution in [3.8, 4) is 0 Å². The molecule has 0 saturated carbocycles. The number of hydrogen-bond acceptors (Lipinski definition) is 5. The van der Waals surface area contributed by atoms with E-state index in [-0.39, 0.29) is 18.5 Å². The number of aliphatic hydroxyl groups excluding tert-OH is 2. The fraction of sp³-hybridized carbons (Fsp3) is 0.895. The van der Waals surface area contributed by atoms with E-state index >= 15 is 0 Å². The van der Waals surface area contributed by atoms with Gasteiger partial charge in [-0.3, -0.25) is 9.59 Å². The van der Waals surface area contributed by atoms with Crippen molar-refractivity contribution in [2.45, 2.75) is 315 Å². The number of unbranched alkanes of at least 4 members (excludes halogenated alkanes) is 39. The first-order chi connectivity index (χ1) is 31.0. The molecule has 3 N–H and O–H groups in total. The van der Waals surface area contributed by atoms with E-state index in [0.717, 1.165) is 44.9 Å². The average Bonchev–Trinajstić information content (AvgIpc) is 3.28. The van der Waals surface area contributed by atoms with Crippen LogP contribution in [0.1, 0.15) is 303 Å². The first kappa shape index (κ1) is 61.3. The Balaban J connectivity index is 3.40. The molecule has 0 bridgehead atoms. The molecule has 0 aliphatic rings. The van der Waals surface area contributed by atoms with Crippen LogP contribution >= 0.6 is 0 Å². The zero-order chi connectivity index (χ0) is 45.8. The molecule has 2 unspecified atom stereocenters. The highest BCUT2D eigenvalue weighted by atomic mass is 16.5. The highest BCUT2D eigenvalue weighted by molar-refractivity contribution is 5.76. The maximum atomic E-state index is 12.4. The van der Waals surface area contributed by atoms with Gasteiger partial charge in [0.25, 0.3) is 0 Å². The van der Waals surface area contributed by atoms with E-state index in [1.807, 2.05) is 6.08 Å². The Labute approximate surface area is 392 Å². The lowest BCUT2D eigenvalue weighted by molar-refractivity contribution is -0.143. The predicted molar refractivity (Wildman–Crippen MR) is 273 cm³/mol. The molecule has 0 saturated heterocycles. The molecule has 6 nitrogen and oxygen atoms in total. The first-order valence-corrected chi connectivity index (χ1v) is 28.1. The third-order valence-corrected chi connectivity index (χ3v) is 13.0. The molecule has 1 amide bonds. The Kier molecular flexibility index (Phi) is 51.6. The summed E-state index contributed by atoms with van der Waals surface area (Å²) in [6, 6.07) is -0.627. The molecule has 63 heavy (non-hydrogen) atoms. The van der Waals surface area contributed by atoms with E-state index in [9.17, 15) is 19.8 Å². The van der Waals surface area contributed by atoms with Gasteiger partial charge in [0.2, 0.25) is 5.91 Å². The van der Waals surface area contributed by atoms with Gasteiger partial charge in [0.1, 0.15) is 0 Å². The molecule has 372 valence electrons. The monoisotopic (exact) mass is 888 g/mol. The summed E-state index contributed by atoms with van der Waals surface area (Å²) in [6.45, 7) is 4.86. The number of rotatable bonds is 52. The second-order valence-corrected chi connectivity index (χ2v) is 19.3. The van der Waals surface area contributed by atoms with Crippen molar-refractivity contribution in [3.63, 3.8) is 0 Å². The maximum Gasteiger partial charge on any atom is 0.305 e. The lowest BCUT2D eigenvalue weighted by Crippen LogP contribution is -2.45. The van der Waals surface area contributed by atoms with Crippen molar-refractivity contribution in [2.75, 3.05) is 13.2 Å². The van der Waals surface area contributed by atoms with Crippen LogP contribution in [0.25, 0.3) is 0 Å². The number of esters is 1. The number of allylic oxidation sites excluding steroid dienone is 3. The van der Waals surface area contributed by atoms with Crippen molar-refractivity contribution in [2.24, 2.45) is 0 Å². The number of amides is 1. The Bertz CT molecular complexity index is 982. The molecule has 0 heterocycles. The molecule has 0 aliphatic carbocycles. The van der Waals surface area contributed by atoms with Crippen LogP contribution in [0.4, 0.5) is 0 Å². The number of aliphatic hydroxyl groups is 2. The normalized spacial score (nSPS) is 12.8. The number of ether oxygens (including phenoxy) is 1. The fourth-order valence-electron chi connectivity index (χ4n) is 8.62. The highest BCUT2D eigenvalue weighted by Crippen LogP contribution is 2.17. The molecule has 0 aromatic carbocycles. The van der Waals surface area contributed by atoms with Crippen LogP contribution in [0.5, 0.6) is 0 Å². The van der Waals surface area contributed by atoms with Gasteiger partial charge >= 0.3 is 5.97 Å². The van der Waals surface area contributed by atoms with Gasteiger partial charge in [-0.15, -0.1) is 0 Å². The first-order valence-electron chi connectivity index (χ1n) is 28.1. The summed E-state index contributed by atoms with van der Waals surface area (Å²) >= 11 is 0. The number of hydrogen-bond donors (Lipinski definition) is 3. The summed E-state index contributed by atoms with van der Waals surface area (Å²) in [7, 11) is 0. The molecule has 2 atom stereocenters. The van der Waals surface area contributed by atoms with Gasteiger partial charge in [-0.25, -0.2) is 0 Å². The molecular weight excluding hydrogens is 779 g/mol. The molecule has 0 fully saturated rings. The summed E-state index contributed by atoms with van der Waals surface area (Å²) in [4.78, 5) is 24.4. The van der Waals surface area contributed by atoms with Gasteiger partial charge in [0, 0.05) is 12.8 Å². The SMILES string of the molecule is CCCC/C=C\CCCCCCCC(=O)OCCCCCCCCCCCCCCCCCCCCCCCCC(=O)NC(CO)C(O)/C=C/CCCCCCCCCCCCC. The lowest BCUT2D eigenvalue weighted by atomic mass is 10.0. The van der Waals surface area contributed by atoms with Gasteiger partial charge in [0.05, 0.1) is 25.4 Å². The lowest BCUT2D eigenvalue weighted by Gasteiger charge is -2.20. The van der Waals surface area contributed by atoms with Crippen molar-refractivity contribution in [1.82, 2.24) is 5.32 Å². The van der Waals surface area contributed by atoms with Gasteiger partial charge in [-0.05, 0) is 51.4 Å². The molecule has 0 radical (unpaired) electrons.